The number of rotatable bonds is 8. The molecule has 34 heavy (non-hydrogen) atoms. The molecule has 1 unspecified atom stereocenters. The van der Waals surface area contributed by atoms with Gasteiger partial charge in [0.25, 0.3) is 5.91 Å². The fourth-order valence-corrected chi connectivity index (χ4v) is 2.69. The maximum Gasteiger partial charge on any atom is 0.344 e. The van der Waals surface area contributed by atoms with E-state index in [0.29, 0.717) is 11.5 Å². The summed E-state index contributed by atoms with van der Waals surface area (Å²) < 4.78 is 54.9. The van der Waals surface area contributed by atoms with Crippen molar-refractivity contribution in [3.63, 3.8) is 0 Å². The maximum atomic E-state index is 13.6. The van der Waals surface area contributed by atoms with E-state index >= 15 is 0 Å². The minimum atomic E-state index is -1.75. The van der Waals surface area contributed by atoms with Crippen LogP contribution in [0.4, 0.5) is 18.9 Å². The highest BCUT2D eigenvalue weighted by atomic mass is 19.2. The molecule has 3 aromatic rings. The van der Waals surface area contributed by atoms with Crippen LogP contribution in [0.5, 0.6) is 5.75 Å². The Morgan fingerprint density at radius 3 is 2.53 bits per heavy atom. The molecule has 0 spiro atoms. The lowest BCUT2D eigenvalue weighted by Gasteiger charge is -2.14. The number of esters is 1. The highest BCUT2D eigenvalue weighted by Gasteiger charge is 2.20. The predicted octanol–water partition coefficient (Wildman–Crippen LogP) is 2.28. The molecule has 0 aliphatic rings. The molecule has 0 saturated heterocycles. The minimum absolute atomic E-state index is 0.219. The Morgan fingerprint density at radius 1 is 1.03 bits per heavy atom. The number of benzene rings is 2. The number of anilines is 1. The van der Waals surface area contributed by atoms with Gasteiger partial charge >= 0.3 is 11.6 Å². The zero-order valence-corrected chi connectivity index (χ0v) is 17.5. The second-order valence-corrected chi connectivity index (χ2v) is 6.86. The van der Waals surface area contributed by atoms with Crippen LogP contribution >= 0.6 is 0 Å². The van der Waals surface area contributed by atoms with Crippen LogP contribution in [0.1, 0.15) is 6.92 Å². The average Bonchev–Trinajstić information content (AvgIpc) is 2.81. The molecule has 178 valence electrons. The van der Waals surface area contributed by atoms with Gasteiger partial charge in [-0.3, -0.25) is 9.59 Å². The summed E-state index contributed by atoms with van der Waals surface area (Å²) >= 11 is 0. The van der Waals surface area contributed by atoms with Crippen molar-refractivity contribution in [2.45, 2.75) is 13.0 Å². The number of hydrogen-bond donors (Lipinski definition) is 2. The summed E-state index contributed by atoms with van der Waals surface area (Å²) in [6.45, 7) is 0.0267. The van der Waals surface area contributed by atoms with Gasteiger partial charge in [-0.05, 0) is 37.3 Å². The molecule has 12 heteroatoms. The van der Waals surface area contributed by atoms with Crippen molar-refractivity contribution < 1.29 is 41.4 Å². The molecular formula is C22H17F3N2O7. The summed E-state index contributed by atoms with van der Waals surface area (Å²) in [6, 6.07) is 8.84. The molecule has 0 aliphatic heterocycles. The van der Waals surface area contributed by atoms with E-state index in [-0.39, 0.29) is 11.3 Å². The van der Waals surface area contributed by atoms with Crippen molar-refractivity contribution >= 4 is 34.4 Å². The highest BCUT2D eigenvalue weighted by Crippen LogP contribution is 2.20. The van der Waals surface area contributed by atoms with Crippen LogP contribution in [-0.4, -0.2) is 37.0 Å². The van der Waals surface area contributed by atoms with Gasteiger partial charge in [-0.1, -0.05) is 0 Å². The van der Waals surface area contributed by atoms with Crippen molar-refractivity contribution in [1.29, 1.82) is 0 Å². The Morgan fingerprint density at radius 2 is 1.76 bits per heavy atom. The zero-order chi connectivity index (χ0) is 24.8. The summed E-state index contributed by atoms with van der Waals surface area (Å²) in [5.41, 5.74) is -0.900. The molecule has 0 saturated carbocycles. The number of nitrogens with one attached hydrogen (secondary N) is 2. The molecule has 9 nitrogen and oxygen atoms in total. The van der Waals surface area contributed by atoms with Gasteiger partial charge < -0.3 is 24.5 Å². The lowest BCUT2D eigenvalue weighted by atomic mass is 10.2. The Hall–Kier alpha value is -4.35. The average molecular weight is 478 g/mol. The van der Waals surface area contributed by atoms with Crippen LogP contribution in [0, 0.1) is 17.5 Å². The molecule has 0 bridgehead atoms. The van der Waals surface area contributed by atoms with Crippen LogP contribution in [0.15, 0.2) is 51.7 Å². The molecule has 0 radical (unpaired) electrons. The minimum Gasteiger partial charge on any atom is -0.482 e. The number of carbonyl (C=O) groups excluding carboxylic acids is 3. The van der Waals surface area contributed by atoms with Gasteiger partial charge in [0, 0.05) is 17.5 Å². The van der Waals surface area contributed by atoms with Crippen LogP contribution in [0.25, 0.3) is 11.0 Å². The van der Waals surface area contributed by atoms with Crippen molar-refractivity contribution in [3.8, 4) is 5.75 Å². The van der Waals surface area contributed by atoms with Gasteiger partial charge in [0.05, 0.1) is 12.2 Å². The van der Waals surface area contributed by atoms with Gasteiger partial charge in [-0.2, -0.15) is 0 Å². The topological polar surface area (TPSA) is 124 Å². The number of halogens is 3. The van der Waals surface area contributed by atoms with Gasteiger partial charge in [0.15, 0.2) is 30.2 Å². The summed E-state index contributed by atoms with van der Waals surface area (Å²) in [5.74, 6) is -7.21. The van der Waals surface area contributed by atoms with Crippen LogP contribution in [0.2, 0.25) is 0 Å². The first-order valence-electron chi connectivity index (χ1n) is 9.71. The summed E-state index contributed by atoms with van der Waals surface area (Å²) in [4.78, 5) is 47.1. The molecule has 0 aliphatic carbocycles. The van der Waals surface area contributed by atoms with Crippen LogP contribution in [0.3, 0.4) is 0 Å². The Kier molecular flexibility index (Phi) is 7.51. The monoisotopic (exact) mass is 478 g/mol. The normalized spacial score (nSPS) is 11.5. The predicted molar refractivity (Wildman–Crippen MR) is 111 cm³/mol. The Balaban J connectivity index is 1.44. The molecule has 1 heterocycles. The Bertz CT molecular complexity index is 1310. The van der Waals surface area contributed by atoms with Crippen molar-refractivity contribution in [3.05, 3.63) is 70.3 Å². The summed E-state index contributed by atoms with van der Waals surface area (Å²) in [5, 5.41) is 4.78. The number of hydrogen-bond acceptors (Lipinski definition) is 7. The van der Waals surface area contributed by atoms with E-state index in [1.54, 1.807) is 18.2 Å². The van der Waals surface area contributed by atoms with Crippen molar-refractivity contribution in [1.82, 2.24) is 5.32 Å². The summed E-state index contributed by atoms with van der Waals surface area (Å²) in [7, 11) is 0. The van der Waals surface area contributed by atoms with Crippen LogP contribution in [-0.2, 0) is 19.1 Å². The van der Waals surface area contributed by atoms with E-state index in [1.807, 2.05) is 5.32 Å². The van der Waals surface area contributed by atoms with E-state index < -0.39 is 65.8 Å². The van der Waals surface area contributed by atoms with Gasteiger partial charge in [0.1, 0.15) is 11.3 Å². The second kappa shape index (κ2) is 10.5. The quantitative estimate of drug-likeness (QED) is 0.289. The maximum absolute atomic E-state index is 13.6. The van der Waals surface area contributed by atoms with Crippen molar-refractivity contribution in [2.75, 3.05) is 18.5 Å². The zero-order valence-electron chi connectivity index (χ0n) is 17.5. The number of amides is 2. The molecule has 2 N–H and O–H groups in total. The molecule has 2 amide bonds. The first-order chi connectivity index (χ1) is 16.1. The van der Waals surface area contributed by atoms with Crippen LogP contribution < -0.4 is 21.0 Å². The molecule has 0 fully saturated rings. The van der Waals surface area contributed by atoms with Crippen molar-refractivity contribution in [2.24, 2.45) is 0 Å². The third-order valence-corrected chi connectivity index (χ3v) is 4.36. The largest absolute Gasteiger partial charge is 0.482 e. The van der Waals surface area contributed by atoms with Gasteiger partial charge in [-0.15, -0.1) is 0 Å². The Labute approximate surface area is 189 Å². The smallest absolute Gasteiger partial charge is 0.344 e. The standard InChI is InChI=1S/C22H17F3N2O7/c1-11(22(31)26-9-17(28)27-15-6-5-14(23)20(24)21(15)25)33-19(30)10-32-13-4-2-12-3-7-18(29)34-16(12)8-13/h2-8,11H,9-10H2,1H3,(H,26,31)(H,27,28). The number of fused-ring (bicyclic) bond motifs is 1. The molecule has 1 aromatic heterocycles. The van der Waals surface area contributed by atoms with E-state index in [0.717, 1.165) is 6.07 Å². The van der Waals surface area contributed by atoms with Gasteiger partial charge in [0.2, 0.25) is 5.91 Å². The number of ether oxygens (including phenoxy) is 2. The van der Waals surface area contributed by atoms with E-state index in [9.17, 15) is 32.3 Å². The van der Waals surface area contributed by atoms with Gasteiger partial charge in [-0.25, -0.2) is 22.8 Å². The first kappa shape index (κ1) is 24.3. The third kappa shape index (κ3) is 6.12. The lowest BCUT2D eigenvalue weighted by Crippen LogP contribution is -2.40. The molecule has 3 rings (SSSR count). The lowest BCUT2D eigenvalue weighted by molar-refractivity contribution is -0.156. The summed E-state index contributed by atoms with van der Waals surface area (Å²) in [6.07, 6.45) is -1.31. The SMILES string of the molecule is CC(OC(=O)COc1ccc2ccc(=O)oc2c1)C(=O)NCC(=O)Nc1ccc(F)c(F)c1F. The van der Waals surface area contributed by atoms with E-state index in [1.165, 1.54) is 19.1 Å². The fraction of sp³-hybridized carbons (Fsp3) is 0.182. The van der Waals surface area contributed by atoms with E-state index in [4.69, 9.17) is 13.9 Å². The third-order valence-electron chi connectivity index (χ3n) is 4.36. The molecule has 2 aromatic carbocycles. The van der Waals surface area contributed by atoms with E-state index in [2.05, 4.69) is 5.32 Å². The molecular weight excluding hydrogens is 461 g/mol. The highest BCUT2D eigenvalue weighted by molar-refractivity contribution is 5.95. The first-order valence-corrected chi connectivity index (χ1v) is 9.71. The molecule has 1 atom stereocenters. The number of carbonyl (C=O) groups is 3. The second-order valence-electron chi connectivity index (χ2n) is 6.86. The fourth-order valence-electron chi connectivity index (χ4n) is 2.69.